The maximum atomic E-state index is 12.7. The molecule has 1 atom stereocenters. The number of ether oxygens (including phenoxy) is 2. The van der Waals surface area contributed by atoms with Gasteiger partial charge in [-0.15, -0.1) is 0 Å². The van der Waals surface area contributed by atoms with Crippen LogP contribution in [0, 0.1) is 12.8 Å². The van der Waals surface area contributed by atoms with Gasteiger partial charge in [-0.2, -0.15) is 0 Å². The molecule has 0 aliphatic rings. The SMILES string of the molecule is COC(=O)[C@H](CC(C)C)NC(=O)CCCN(C(=O)OC(C)(C)C)c1cc(C)ccn1. The van der Waals surface area contributed by atoms with Gasteiger partial charge in [-0.05, 0) is 64.2 Å². The lowest BCUT2D eigenvalue weighted by atomic mass is 10.0. The first-order valence-corrected chi connectivity index (χ1v) is 10.2. The Morgan fingerprint density at radius 3 is 2.43 bits per heavy atom. The maximum absolute atomic E-state index is 12.7. The molecule has 1 rings (SSSR count). The molecular formula is C22H35N3O5. The molecule has 1 aromatic heterocycles. The molecule has 168 valence electrons. The second kappa shape index (κ2) is 11.5. The number of aryl methyl sites for hydroxylation is 1. The third kappa shape index (κ3) is 9.24. The van der Waals surface area contributed by atoms with Crippen LogP contribution in [0.5, 0.6) is 0 Å². The van der Waals surface area contributed by atoms with Crippen LogP contribution in [0.1, 0.15) is 59.4 Å². The van der Waals surface area contributed by atoms with E-state index in [-0.39, 0.29) is 24.8 Å². The highest BCUT2D eigenvalue weighted by Gasteiger charge is 2.25. The summed E-state index contributed by atoms with van der Waals surface area (Å²) in [5, 5.41) is 2.73. The number of aromatic nitrogens is 1. The smallest absolute Gasteiger partial charge is 0.416 e. The summed E-state index contributed by atoms with van der Waals surface area (Å²) in [4.78, 5) is 42.6. The van der Waals surface area contributed by atoms with Gasteiger partial charge in [-0.1, -0.05) is 13.8 Å². The Kier molecular flexibility index (Phi) is 9.75. The van der Waals surface area contributed by atoms with E-state index in [1.807, 2.05) is 26.8 Å². The van der Waals surface area contributed by atoms with Crippen molar-refractivity contribution in [2.75, 3.05) is 18.6 Å². The van der Waals surface area contributed by atoms with Crippen molar-refractivity contribution in [3.63, 3.8) is 0 Å². The molecule has 1 aromatic rings. The van der Waals surface area contributed by atoms with E-state index in [1.54, 1.807) is 33.0 Å². The number of nitrogens with one attached hydrogen (secondary N) is 1. The minimum absolute atomic E-state index is 0.150. The lowest BCUT2D eigenvalue weighted by Crippen LogP contribution is -2.43. The third-order valence-corrected chi connectivity index (χ3v) is 4.11. The number of carbonyl (C=O) groups is 3. The number of methoxy groups -OCH3 is 1. The van der Waals surface area contributed by atoms with Crippen LogP contribution in [0.4, 0.5) is 10.6 Å². The lowest BCUT2D eigenvalue weighted by molar-refractivity contribution is -0.145. The van der Waals surface area contributed by atoms with Gasteiger partial charge in [0, 0.05) is 19.2 Å². The van der Waals surface area contributed by atoms with Crippen LogP contribution in [0.25, 0.3) is 0 Å². The minimum Gasteiger partial charge on any atom is -0.467 e. The molecule has 0 aromatic carbocycles. The van der Waals surface area contributed by atoms with E-state index >= 15 is 0 Å². The molecule has 1 heterocycles. The topological polar surface area (TPSA) is 97.8 Å². The number of hydrogen-bond acceptors (Lipinski definition) is 6. The van der Waals surface area contributed by atoms with Gasteiger partial charge < -0.3 is 14.8 Å². The fraction of sp³-hybridized carbons (Fsp3) is 0.636. The Labute approximate surface area is 179 Å². The standard InChI is InChI=1S/C22H35N3O5/c1-15(2)13-17(20(27)29-7)24-19(26)9-8-12-25(21(28)30-22(4,5)6)18-14-16(3)10-11-23-18/h10-11,14-15,17H,8-9,12-13H2,1-7H3,(H,24,26)/t17-/m0/s1. The van der Waals surface area contributed by atoms with Gasteiger partial charge in [0.2, 0.25) is 5.91 Å². The van der Waals surface area contributed by atoms with E-state index in [1.165, 1.54) is 12.0 Å². The number of hydrogen-bond donors (Lipinski definition) is 1. The summed E-state index contributed by atoms with van der Waals surface area (Å²) in [6.07, 6.45) is 2.14. The fourth-order valence-electron chi connectivity index (χ4n) is 2.78. The monoisotopic (exact) mass is 421 g/mol. The summed E-state index contributed by atoms with van der Waals surface area (Å²) in [6.45, 7) is 11.5. The molecule has 0 spiro atoms. The van der Waals surface area contributed by atoms with E-state index in [2.05, 4.69) is 10.3 Å². The van der Waals surface area contributed by atoms with E-state index in [0.29, 0.717) is 18.7 Å². The van der Waals surface area contributed by atoms with Gasteiger partial charge in [0.05, 0.1) is 7.11 Å². The molecular weight excluding hydrogens is 386 g/mol. The highest BCUT2D eigenvalue weighted by molar-refractivity contribution is 5.87. The zero-order valence-corrected chi connectivity index (χ0v) is 19.2. The van der Waals surface area contributed by atoms with E-state index in [9.17, 15) is 14.4 Å². The van der Waals surface area contributed by atoms with Gasteiger partial charge in [0.15, 0.2) is 0 Å². The largest absolute Gasteiger partial charge is 0.467 e. The summed E-state index contributed by atoms with van der Waals surface area (Å²) in [6, 6.07) is 2.95. The van der Waals surface area contributed by atoms with Crippen LogP contribution < -0.4 is 10.2 Å². The molecule has 0 saturated carbocycles. The van der Waals surface area contributed by atoms with Gasteiger partial charge in [-0.3, -0.25) is 9.69 Å². The number of anilines is 1. The van der Waals surface area contributed by atoms with Gasteiger partial charge >= 0.3 is 12.1 Å². The van der Waals surface area contributed by atoms with Crippen molar-refractivity contribution in [3.05, 3.63) is 23.9 Å². The van der Waals surface area contributed by atoms with Gasteiger partial charge in [0.1, 0.15) is 17.5 Å². The van der Waals surface area contributed by atoms with Crippen molar-refractivity contribution >= 4 is 23.8 Å². The van der Waals surface area contributed by atoms with Crippen molar-refractivity contribution in [2.45, 2.75) is 72.4 Å². The molecule has 2 amide bonds. The molecule has 0 saturated heterocycles. The lowest BCUT2D eigenvalue weighted by Gasteiger charge is -2.27. The van der Waals surface area contributed by atoms with Gasteiger partial charge in [0.25, 0.3) is 0 Å². The van der Waals surface area contributed by atoms with Crippen molar-refractivity contribution in [2.24, 2.45) is 5.92 Å². The molecule has 8 heteroatoms. The Morgan fingerprint density at radius 1 is 1.23 bits per heavy atom. The predicted octanol–water partition coefficient (Wildman–Crippen LogP) is 3.62. The van der Waals surface area contributed by atoms with Crippen molar-refractivity contribution in [1.29, 1.82) is 0 Å². The predicted molar refractivity (Wildman–Crippen MR) is 115 cm³/mol. The number of rotatable bonds is 9. The number of esters is 1. The number of nitrogens with zero attached hydrogens (tertiary/aromatic N) is 2. The molecule has 30 heavy (non-hydrogen) atoms. The second-order valence-corrected chi connectivity index (χ2v) is 8.70. The maximum Gasteiger partial charge on any atom is 0.416 e. The van der Waals surface area contributed by atoms with Crippen molar-refractivity contribution in [1.82, 2.24) is 10.3 Å². The summed E-state index contributed by atoms with van der Waals surface area (Å²) in [5.74, 6) is -0.0369. The summed E-state index contributed by atoms with van der Waals surface area (Å²) < 4.78 is 10.3. The third-order valence-electron chi connectivity index (χ3n) is 4.11. The average molecular weight is 422 g/mol. The van der Waals surface area contributed by atoms with E-state index in [0.717, 1.165) is 5.56 Å². The number of pyridine rings is 1. The van der Waals surface area contributed by atoms with Crippen LogP contribution in [-0.4, -0.2) is 48.3 Å². The highest BCUT2D eigenvalue weighted by Crippen LogP contribution is 2.18. The van der Waals surface area contributed by atoms with Crippen LogP contribution in [0.3, 0.4) is 0 Å². The molecule has 0 aliphatic heterocycles. The Morgan fingerprint density at radius 2 is 1.90 bits per heavy atom. The van der Waals surface area contributed by atoms with Crippen molar-refractivity contribution in [3.8, 4) is 0 Å². The second-order valence-electron chi connectivity index (χ2n) is 8.70. The first kappa shape index (κ1) is 25.4. The van der Waals surface area contributed by atoms with Crippen LogP contribution >= 0.6 is 0 Å². The van der Waals surface area contributed by atoms with Gasteiger partial charge in [-0.25, -0.2) is 14.6 Å². The molecule has 0 fully saturated rings. The first-order chi connectivity index (χ1) is 13.9. The molecule has 1 N–H and O–H groups in total. The molecule has 0 bridgehead atoms. The average Bonchev–Trinajstić information content (AvgIpc) is 2.62. The zero-order valence-electron chi connectivity index (χ0n) is 19.2. The molecule has 0 unspecified atom stereocenters. The quantitative estimate of drug-likeness (QED) is 0.612. The first-order valence-electron chi connectivity index (χ1n) is 10.2. The molecule has 8 nitrogen and oxygen atoms in total. The van der Waals surface area contributed by atoms with E-state index < -0.39 is 23.7 Å². The fourth-order valence-corrected chi connectivity index (χ4v) is 2.78. The Balaban J connectivity index is 2.77. The summed E-state index contributed by atoms with van der Waals surface area (Å²) >= 11 is 0. The number of amides is 2. The van der Waals surface area contributed by atoms with Crippen LogP contribution in [0.2, 0.25) is 0 Å². The highest BCUT2D eigenvalue weighted by atomic mass is 16.6. The summed E-state index contributed by atoms with van der Waals surface area (Å²) in [7, 11) is 1.30. The van der Waals surface area contributed by atoms with Crippen LogP contribution in [0.15, 0.2) is 18.3 Å². The molecule has 0 radical (unpaired) electrons. The zero-order chi connectivity index (χ0) is 22.9. The minimum atomic E-state index is -0.678. The Hall–Kier alpha value is -2.64. The van der Waals surface area contributed by atoms with Crippen molar-refractivity contribution < 1.29 is 23.9 Å². The normalized spacial score (nSPS) is 12.3. The molecule has 0 aliphatic carbocycles. The summed E-state index contributed by atoms with van der Waals surface area (Å²) in [5.41, 5.74) is 0.308. The number of carbonyl (C=O) groups excluding carboxylic acids is 3. The van der Waals surface area contributed by atoms with Crippen LogP contribution in [-0.2, 0) is 19.1 Å². The van der Waals surface area contributed by atoms with E-state index in [4.69, 9.17) is 9.47 Å². The Bertz CT molecular complexity index is 728.